The Morgan fingerprint density at radius 1 is 0.950 bits per heavy atom. The number of methoxy groups -OCH3 is 1. The second-order valence-corrected chi connectivity index (χ2v) is 3.95. The van der Waals surface area contributed by atoms with Crippen LogP contribution >= 0.6 is 0 Å². The first-order chi connectivity index (χ1) is 9.60. The maximum absolute atomic E-state index is 13.0. The van der Waals surface area contributed by atoms with E-state index in [0.717, 1.165) is 12.1 Å². The molecule has 0 heterocycles. The van der Waals surface area contributed by atoms with Gasteiger partial charge in [-0.2, -0.15) is 0 Å². The zero-order valence-corrected chi connectivity index (χ0v) is 10.6. The van der Waals surface area contributed by atoms with Crippen LogP contribution in [0.25, 0.3) is 0 Å². The van der Waals surface area contributed by atoms with Crippen LogP contribution in [0, 0.1) is 23.5 Å². The zero-order chi connectivity index (χ0) is 14.5. The van der Waals surface area contributed by atoms with E-state index < -0.39 is 17.6 Å². The van der Waals surface area contributed by atoms with Gasteiger partial charge in [0.15, 0.2) is 11.6 Å². The Bertz CT molecular complexity index is 695. The van der Waals surface area contributed by atoms with Gasteiger partial charge in [-0.1, -0.05) is 11.8 Å². The first kappa shape index (κ1) is 13.8. The van der Waals surface area contributed by atoms with Crippen molar-refractivity contribution in [2.24, 2.45) is 0 Å². The summed E-state index contributed by atoms with van der Waals surface area (Å²) in [5, 5.41) is 0. The van der Waals surface area contributed by atoms with Crippen molar-refractivity contribution in [1.82, 2.24) is 0 Å². The molecule has 0 radical (unpaired) electrons. The minimum Gasteiger partial charge on any atom is -0.465 e. The topological polar surface area (TPSA) is 26.3 Å². The molecule has 0 aliphatic heterocycles. The van der Waals surface area contributed by atoms with Crippen LogP contribution in [0.4, 0.5) is 8.78 Å². The number of rotatable bonds is 1. The van der Waals surface area contributed by atoms with E-state index in [1.165, 1.54) is 13.2 Å². The highest BCUT2D eigenvalue weighted by Gasteiger charge is 2.03. The Morgan fingerprint density at radius 3 is 2.15 bits per heavy atom. The summed E-state index contributed by atoms with van der Waals surface area (Å²) in [4.78, 5) is 11.2. The number of halogens is 2. The molecule has 0 fully saturated rings. The van der Waals surface area contributed by atoms with Crippen LogP contribution in [-0.4, -0.2) is 13.1 Å². The molecule has 0 aliphatic carbocycles. The highest BCUT2D eigenvalue weighted by atomic mass is 19.2. The third kappa shape index (κ3) is 3.21. The molecule has 4 heteroatoms. The van der Waals surface area contributed by atoms with Gasteiger partial charge in [0.05, 0.1) is 12.7 Å². The molecule has 0 unspecified atom stereocenters. The SMILES string of the molecule is COC(=O)c1ccc(C#Cc2ccc(F)c(F)c2)cc1. The number of benzene rings is 2. The second kappa shape index (κ2) is 5.98. The Labute approximate surface area is 115 Å². The number of ether oxygens (including phenoxy) is 1. The summed E-state index contributed by atoms with van der Waals surface area (Å²) in [5.41, 5.74) is 1.45. The quantitative estimate of drug-likeness (QED) is 0.589. The summed E-state index contributed by atoms with van der Waals surface area (Å²) < 4.78 is 30.3. The van der Waals surface area contributed by atoms with E-state index >= 15 is 0 Å². The lowest BCUT2D eigenvalue weighted by Crippen LogP contribution is -2.00. The lowest BCUT2D eigenvalue weighted by Gasteiger charge is -1.98. The van der Waals surface area contributed by atoms with Gasteiger partial charge in [-0.25, -0.2) is 13.6 Å². The first-order valence-electron chi connectivity index (χ1n) is 5.75. The van der Waals surface area contributed by atoms with Crippen LogP contribution in [0.15, 0.2) is 42.5 Å². The fourth-order valence-electron chi connectivity index (χ4n) is 1.53. The van der Waals surface area contributed by atoms with Crippen LogP contribution in [0.3, 0.4) is 0 Å². The van der Waals surface area contributed by atoms with Crippen molar-refractivity contribution in [2.75, 3.05) is 7.11 Å². The van der Waals surface area contributed by atoms with Gasteiger partial charge < -0.3 is 4.74 Å². The highest BCUT2D eigenvalue weighted by Crippen LogP contribution is 2.08. The number of carbonyl (C=O) groups is 1. The minimum absolute atomic E-state index is 0.376. The zero-order valence-electron chi connectivity index (χ0n) is 10.6. The average molecular weight is 272 g/mol. The Morgan fingerprint density at radius 2 is 1.55 bits per heavy atom. The van der Waals surface area contributed by atoms with Crippen molar-refractivity contribution >= 4 is 5.97 Å². The van der Waals surface area contributed by atoms with Gasteiger partial charge in [-0.3, -0.25) is 0 Å². The van der Waals surface area contributed by atoms with Crippen molar-refractivity contribution in [3.63, 3.8) is 0 Å². The number of hydrogen-bond acceptors (Lipinski definition) is 2. The fraction of sp³-hybridized carbons (Fsp3) is 0.0625. The van der Waals surface area contributed by atoms with Crippen molar-refractivity contribution in [2.45, 2.75) is 0 Å². The summed E-state index contributed by atoms with van der Waals surface area (Å²) in [6.07, 6.45) is 0. The second-order valence-electron chi connectivity index (χ2n) is 3.95. The van der Waals surface area contributed by atoms with Gasteiger partial charge in [0, 0.05) is 11.1 Å². The molecule has 2 aromatic carbocycles. The third-order valence-electron chi connectivity index (χ3n) is 2.58. The van der Waals surface area contributed by atoms with E-state index in [9.17, 15) is 13.6 Å². The maximum Gasteiger partial charge on any atom is 0.337 e. The van der Waals surface area contributed by atoms with Gasteiger partial charge in [0.1, 0.15) is 0 Å². The summed E-state index contributed by atoms with van der Waals surface area (Å²) in [6.45, 7) is 0. The maximum atomic E-state index is 13.0. The first-order valence-corrected chi connectivity index (χ1v) is 5.75. The molecule has 0 aliphatic rings. The molecule has 0 bridgehead atoms. The van der Waals surface area contributed by atoms with E-state index in [4.69, 9.17) is 0 Å². The van der Waals surface area contributed by atoms with E-state index in [1.807, 2.05) is 0 Å². The third-order valence-corrected chi connectivity index (χ3v) is 2.58. The van der Waals surface area contributed by atoms with Gasteiger partial charge in [-0.15, -0.1) is 0 Å². The predicted octanol–water partition coefficient (Wildman–Crippen LogP) is 3.15. The Kier molecular flexibility index (Phi) is 4.11. The molecule has 0 spiro atoms. The molecular formula is C16H10F2O2. The summed E-state index contributed by atoms with van der Waals surface area (Å²) in [5.74, 6) is 3.26. The van der Waals surface area contributed by atoms with Crippen LogP contribution in [0.5, 0.6) is 0 Å². The van der Waals surface area contributed by atoms with Crippen LogP contribution in [0.2, 0.25) is 0 Å². The molecule has 2 rings (SSSR count). The van der Waals surface area contributed by atoms with Gasteiger partial charge in [-0.05, 0) is 42.5 Å². The number of carbonyl (C=O) groups excluding carboxylic acids is 1. The molecule has 0 saturated heterocycles. The van der Waals surface area contributed by atoms with Crippen LogP contribution in [-0.2, 0) is 4.74 Å². The van der Waals surface area contributed by atoms with Gasteiger partial charge >= 0.3 is 5.97 Å². The lowest BCUT2D eigenvalue weighted by atomic mass is 10.1. The molecule has 0 N–H and O–H groups in total. The van der Waals surface area contributed by atoms with Crippen LogP contribution < -0.4 is 0 Å². The molecule has 0 atom stereocenters. The van der Waals surface area contributed by atoms with Gasteiger partial charge in [0.25, 0.3) is 0 Å². The predicted molar refractivity (Wildman–Crippen MR) is 70.1 cm³/mol. The lowest BCUT2D eigenvalue weighted by molar-refractivity contribution is 0.0600. The van der Waals surface area contributed by atoms with Crippen molar-refractivity contribution in [1.29, 1.82) is 0 Å². The Hall–Kier alpha value is -2.67. The molecule has 20 heavy (non-hydrogen) atoms. The molecule has 100 valence electrons. The number of esters is 1. The minimum atomic E-state index is -0.933. The van der Waals surface area contributed by atoms with Crippen LogP contribution in [0.1, 0.15) is 21.5 Å². The summed E-state index contributed by atoms with van der Waals surface area (Å²) >= 11 is 0. The van der Waals surface area contributed by atoms with E-state index in [0.29, 0.717) is 16.7 Å². The summed E-state index contributed by atoms with van der Waals surface area (Å²) in [6, 6.07) is 9.93. The molecule has 0 amide bonds. The van der Waals surface area contributed by atoms with Crippen molar-refractivity contribution < 1.29 is 18.3 Å². The van der Waals surface area contributed by atoms with Crippen molar-refractivity contribution in [3.8, 4) is 11.8 Å². The van der Waals surface area contributed by atoms with Crippen molar-refractivity contribution in [3.05, 3.63) is 70.8 Å². The highest BCUT2D eigenvalue weighted by molar-refractivity contribution is 5.89. The summed E-state index contributed by atoms with van der Waals surface area (Å²) in [7, 11) is 1.30. The molecular weight excluding hydrogens is 262 g/mol. The molecule has 0 aromatic heterocycles. The smallest absolute Gasteiger partial charge is 0.337 e. The van der Waals surface area contributed by atoms with E-state index in [-0.39, 0.29) is 0 Å². The van der Waals surface area contributed by atoms with E-state index in [2.05, 4.69) is 16.6 Å². The normalized spacial score (nSPS) is 9.55. The fourth-order valence-corrected chi connectivity index (χ4v) is 1.53. The molecule has 2 aromatic rings. The van der Waals surface area contributed by atoms with E-state index in [1.54, 1.807) is 24.3 Å². The number of hydrogen-bond donors (Lipinski definition) is 0. The Balaban J connectivity index is 2.20. The standard InChI is InChI=1S/C16H10F2O2/c1-20-16(19)13-7-4-11(5-8-13)2-3-12-6-9-14(17)15(18)10-12/h4-10H,1H3. The average Bonchev–Trinajstić information content (AvgIpc) is 2.48. The monoisotopic (exact) mass is 272 g/mol. The van der Waals surface area contributed by atoms with Gasteiger partial charge in [0.2, 0.25) is 0 Å². The molecule has 2 nitrogen and oxygen atoms in total. The largest absolute Gasteiger partial charge is 0.465 e. The molecule has 0 saturated carbocycles.